The molecule has 0 amide bonds. The lowest BCUT2D eigenvalue weighted by Crippen LogP contribution is -2.34. The van der Waals surface area contributed by atoms with E-state index >= 15 is 0 Å². The number of rotatable bonds is 9. The second-order valence-electron chi connectivity index (χ2n) is 17.2. The molecule has 1 fully saturated rings. The van der Waals surface area contributed by atoms with Crippen LogP contribution in [0.15, 0.2) is 131 Å². The summed E-state index contributed by atoms with van der Waals surface area (Å²) in [5.74, 6) is -0.0200. The van der Waals surface area contributed by atoms with Crippen LogP contribution in [-0.2, 0) is 41.7 Å². The summed E-state index contributed by atoms with van der Waals surface area (Å²) in [6.45, 7) is 13.6. The first-order valence-corrected chi connectivity index (χ1v) is 20.5. The predicted molar refractivity (Wildman–Crippen MR) is 226 cm³/mol. The van der Waals surface area contributed by atoms with Gasteiger partial charge in [0.25, 0.3) is 0 Å². The third-order valence-electron chi connectivity index (χ3n) is 13.2. The SMILES string of the molecule is CCOC(=O)CC1Cc2ccc3ccccc3c2C(C)(C)/C1=C\C=C1/CCCC(/C=C/C2=C3CC3(CC(=O)OCC)c3ccc4ccccc4c3C2(C)C)=C1O. The van der Waals surface area contributed by atoms with Gasteiger partial charge in [-0.15, -0.1) is 0 Å². The minimum absolute atomic E-state index is 0.0158. The van der Waals surface area contributed by atoms with Crippen LogP contribution in [-0.4, -0.2) is 30.3 Å². The van der Waals surface area contributed by atoms with E-state index in [4.69, 9.17) is 9.47 Å². The van der Waals surface area contributed by atoms with Crippen molar-refractivity contribution in [3.8, 4) is 0 Å². The first-order chi connectivity index (χ1) is 26.9. The number of benzene rings is 4. The molecule has 5 nitrogen and oxygen atoms in total. The standard InChI is InChI=1S/C51H54O5/c1-7-55-44(52)29-37-28-36-21-20-32-14-9-11-18-38(32)46(36)49(3,4)40(37)25-23-34-16-13-17-35(48(34)54)24-26-41-43-30-51(43,31-45(53)56-8-2)42-27-22-33-15-10-12-19-39(33)47(42)50(41,5)6/h9-12,14-15,18-27,37,54H,7-8,13,16-17,28-31H2,1-6H3/b26-24+,34-23+,40-25-. The van der Waals surface area contributed by atoms with E-state index in [1.807, 2.05) is 13.8 Å². The quantitative estimate of drug-likeness (QED) is 0.173. The summed E-state index contributed by atoms with van der Waals surface area (Å²) in [5, 5.41) is 16.8. The molecule has 2 unspecified atom stereocenters. The van der Waals surface area contributed by atoms with Crippen LogP contribution in [0.1, 0.15) is 102 Å². The Bertz CT molecular complexity index is 2430. The normalized spacial score (nSPS) is 23.7. The third-order valence-corrected chi connectivity index (χ3v) is 13.2. The summed E-state index contributed by atoms with van der Waals surface area (Å²) < 4.78 is 11.0. The van der Waals surface area contributed by atoms with Crippen LogP contribution < -0.4 is 0 Å². The smallest absolute Gasteiger partial charge is 0.307 e. The van der Waals surface area contributed by atoms with Gasteiger partial charge >= 0.3 is 11.9 Å². The van der Waals surface area contributed by atoms with Crippen molar-refractivity contribution in [3.05, 3.63) is 153 Å². The Hall–Kier alpha value is -5.16. The van der Waals surface area contributed by atoms with Crippen LogP contribution in [0.2, 0.25) is 0 Å². The summed E-state index contributed by atoms with van der Waals surface area (Å²) in [4.78, 5) is 26.0. The third kappa shape index (κ3) is 6.33. The Morgan fingerprint density at radius 3 is 2.14 bits per heavy atom. The highest BCUT2D eigenvalue weighted by atomic mass is 16.5. The lowest BCUT2D eigenvalue weighted by molar-refractivity contribution is -0.144. The van der Waals surface area contributed by atoms with Gasteiger partial charge in [0.15, 0.2) is 0 Å². The number of aliphatic hydroxyl groups excluding tert-OH is 1. The molecule has 288 valence electrons. The van der Waals surface area contributed by atoms with Crippen LogP contribution in [0.4, 0.5) is 0 Å². The molecule has 0 aromatic heterocycles. The van der Waals surface area contributed by atoms with Crippen LogP contribution in [0.5, 0.6) is 0 Å². The highest BCUT2D eigenvalue weighted by Crippen LogP contribution is 2.66. The second-order valence-corrected chi connectivity index (χ2v) is 17.2. The molecule has 4 aliphatic rings. The molecule has 1 N–H and O–H groups in total. The summed E-state index contributed by atoms with van der Waals surface area (Å²) in [6, 6.07) is 25.9. The zero-order valence-electron chi connectivity index (χ0n) is 33.8. The molecule has 8 rings (SSSR count). The Balaban J connectivity index is 1.18. The molecular weight excluding hydrogens is 693 g/mol. The summed E-state index contributed by atoms with van der Waals surface area (Å²) in [6.07, 6.45) is 13.4. The lowest BCUT2D eigenvalue weighted by atomic mass is 9.62. The maximum Gasteiger partial charge on any atom is 0.307 e. The van der Waals surface area contributed by atoms with Crippen LogP contribution >= 0.6 is 0 Å². The molecule has 0 aliphatic heterocycles. The molecule has 4 aromatic carbocycles. The van der Waals surface area contributed by atoms with Gasteiger partial charge < -0.3 is 14.6 Å². The Morgan fingerprint density at radius 1 is 0.768 bits per heavy atom. The zero-order valence-corrected chi connectivity index (χ0v) is 33.8. The van der Waals surface area contributed by atoms with E-state index in [9.17, 15) is 14.7 Å². The number of fused-ring (bicyclic) bond motifs is 8. The highest BCUT2D eigenvalue weighted by molar-refractivity contribution is 5.92. The molecule has 56 heavy (non-hydrogen) atoms. The van der Waals surface area contributed by atoms with Gasteiger partial charge in [-0.05, 0) is 112 Å². The van der Waals surface area contributed by atoms with Gasteiger partial charge in [-0.25, -0.2) is 0 Å². The van der Waals surface area contributed by atoms with Crippen molar-refractivity contribution in [2.24, 2.45) is 5.92 Å². The Labute approximate surface area is 331 Å². The number of carbonyl (C=O) groups is 2. The molecule has 0 radical (unpaired) electrons. The molecular formula is C51H54O5. The highest BCUT2D eigenvalue weighted by Gasteiger charge is 2.59. The summed E-state index contributed by atoms with van der Waals surface area (Å²) >= 11 is 0. The minimum Gasteiger partial charge on any atom is -0.507 e. The fourth-order valence-electron chi connectivity index (χ4n) is 10.6. The first kappa shape index (κ1) is 37.7. The number of hydrogen-bond acceptors (Lipinski definition) is 5. The van der Waals surface area contributed by atoms with Gasteiger partial charge in [0.2, 0.25) is 0 Å². The molecule has 0 heterocycles. The number of esters is 2. The predicted octanol–water partition coefficient (Wildman–Crippen LogP) is 11.7. The van der Waals surface area contributed by atoms with Crippen molar-refractivity contribution in [2.75, 3.05) is 13.2 Å². The van der Waals surface area contributed by atoms with Gasteiger partial charge in [0.05, 0.1) is 26.1 Å². The van der Waals surface area contributed by atoms with Crippen molar-refractivity contribution in [3.63, 3.8) is 0 Å². The van der Waals surface area contributed by atoms with Crippen molar-refractivity contribution in [2.45, 2.75) is 103 Å². The van der Waals surface area contributed by atoms with E-state index in [-0.39, 0.29) is 34.1 Å². The first-order valence-electron chi connectivity index (χ1n) is 20.5. The molecule has 5 heteroatoms. The van der Waals surface area contributed by atoms with E-state index in [1.54, 1.807) is 0 Å². The number of ether oxygens (including phenoxy) is 2. The number of hydrogen-bond donors (Lipinski definition) is 1. The Morgan fingerprint density at radius 2 is 1.43 bits per heavy atom. The van der Waals surface area contributed by atoms with Gasteiger partial charge in [-0.2, -0.15) is 0 Å². The van der Waals surface area contributed by atoms with Crippen molar-refractivity contribution in [1.29, 1.82) is 0 Å². The molecule has 4 aliphatic carbocycles. The maximum atomic E-state index is 13.1. The van der Waals surface area contributed by atoms with E-state index in [0.29, 0.717) is 31.8 Å². The number of carbonyl (C=O) groups excluding carboxylic acids is 2. The van der Waals surface area contributed by atoms with E-state index in [2.05, 4.69) is 125 Å². The minimum atomic E-state index is -0.363. The van der Waals surface area contributed by atoms with Crippen molar-refractivity contribution >= 4 is 33.5 Å². The van der Waals surface area contributed by atoms with Crippen LogP contribution in [0.3, 0.4) is 0 Å². The van der Waals surface area contributed by atoms with Gasteiger partial charge in [-0.3, -0.25) is 9.59 Å². The van der Waals surface area contributed by atoms with E-state index < -0.39 is 0 Å². The van der Waals surface area contributed by atoms with E-state index in [0.717, 1.165) is 43.3 Å². The molecule has 0 saturated heterocycles. The van der Waals surface area contributed by atoms with Gasteiger partial charge in [0, 0.05) is 16.2 Å². The molecule has 0 spiro atoms. The van der Waals surface area contributed by atoms with Gasteiger partial charge in [-0.1, -0.05) is 136 Å². The number of aliphatic hydroxyl groups is 1. The topological polar surface area (TPSA) is 72.8 Å². The van der Waals surface area contributed by atoms with E-state index in [1.165, 1.54) is 60.5 Å². The average molecular weight is 747 g/mol. The molecule has 2 atom stereocenters. The lowest BCUT2D eigenvalue weighted by Gasteiger charge is -2.41. The fraction of sp³-hybridized carbons (Fsp3) is 0.373. The maximum absolute atomic E-state index is 13.1. The second kappa shape index (κ2) is 14.4. The zero-order chi connectivity index (χ0) is 39.4. The molecule has 1 saturated carbocycles. The molecule has 4 aromatic rings. The van der Waals surface area contributed by atoms with Crippen molar-refractivity contribution in [1.82, 2.24) is 0 Å². The fourth-order valence-corrected chi connectivity index (χ4v) is 10.6. The van der Waals surface area contributed by atoms with Crippen LogP contribution in [0.25, 0.3) is 21.5 Å². The molecule has 0 bridgehead atoms. The van der Waals surface area contributed by atoms with Crippen molar-refractivity contribution < 1.29 is 24.2 Å². The van der Waals surface area contributed by atoms with Gasteiger partial charge in [0.1, 0.15) is 5.76 Å². The number of allylic oxidation sites excluding steroid dienone is 9. The summed E-state index contributed by atoms with van der Waals surface area (Å²) in [7, 11) is 0. The average Bonchev–Trinajstić information content (AvgIpc) is 3.89. The van der Waals surface area contributed by atoms with Crippen LogP contribution in [0, 0.1) is 5.92 Å². The Kier molecular flexibility index (Phi) is 9.71. The summed E-state index contributed by atoms with van der Waals surface area (Å²) in [5.41, 5.74) is 9.62. The largest absolute Gasteiger partial charge is 0.507 e. The monoisotopic (exact) mass is 746 g/mol.